The van der Waals surface area contributed by atoms with Gasteiger partial charge in [0.25, 0.3) is 5.91 Å². The zero-order valence-corrected chi connectivity index (χ0v) is 17.7. The van der Waals surface area contributed by atoms with Gasteiger partial charge in [0.15, 0.2) is 0 Å². The van der Waals surface area contributed by atoms with Crippen molar-refractivity contribution in [2.45, 2.75) is 39.2 Å². The van der Waals surface area contributed by atoms with Gasteiger partial charge in [-0.2, -0.15) is 0 Å². The van der Waals surface area contributed by atoms with Crippen molar-refractivity contribution in [3.05, 3.63) is 35.4 Å². The number of nitrogens with zero attached hydrogens (tertiary/aromatic N) is 3. The average molecular weight is 415 g/mol. The lowest BCUT2D eigenvalue weighted by molar-refractivity contribution is -0.142. The zero-order chi connectivity index (χ0) is 21.7. The second-order valence-electron chi connectivity index (χ2n) is 8.10. The highest BCUT2D eigenvalue weighted by molar-refractivity contribution is 6.04. The first kappa shape index (κ1) is 22.0. The molecule has 2 saturated heterocycles. The van der Waals surface area contributed by atoms with E-state index in [-0.39, 0.29) is 24.3 Å². The van der Waals surface area contributed by atoms with Crippen molar-refractivity contribution in [3.63, 3.8) is 0 Å². The summed E-state index contributed by atoms with van der Waals surface area (Å²) in [6, 6.07) is 6.73. The van der Waals surface area contributed by atoms with Crippen LogP contribution in [0.3, 0.4) is 0 Å². The Hall–Kier alpha value is -2.74. The standard InChI is InChI=1S/C22H30N4O4/c1-16(27)23-22(30)19-7-5-18(6-8-19)13-21(29)26-12-11-25(17(2)28)15-20(26)14-24-9-3-4-10-24/h5-8,20H,3-4,9-15H2,1-2H3,(H,23,27,30). The van der Waals surface area contributed by atoms with E-state index >= 15 is 0 Å². The molecule has 1 aromatic rings. The molecule has 1 aromatic carbocycles. The number of rotatable bonds is 5. The molecule has 8 nitrogen and oxygen atoms in total. The molecule has 0 aliphatic carbocycles. The second-order valence-corrected chi connectivity index (χ2v) is 8.10. The number of likely N-dealkylation sites (tertiary alicyclic amines) is 1. The molecule has 0 radical (unpaired) electrons. The number of carbonyl (C=O) groups excluding carboxylic acids is 4. The molecule has 30 heavy (non-hydrogen) atoms. The fraction of sp³-hybridized carbons (Fsp3) is 0.545. The van der Waals surface area contributed by atoms with Crippen LogP contribution in [-0.2, 0) is 20.8 Å². The minimum atomic E-state index is -0.452. The number of imide groups is 1. The Morgan fingerprint density at radius 3 is 2.23 bits per heavy atom. The fourth-order valence-corrected chi connectivity index (χ4v) is 4.17. The van der Waals surface area contributed by atoms with Crippen molar-refractivity contribution in [1.29, 1.82) is 0 Å². The Balaban J connectivity index is 1.65. The molecule has 1 unspecified atom stereocenters. The summed E-state index contributed by atoms with van der Waals surface area (Å²) in [6.07, 6.45) is 2.60. The van der Waals surface area contributed by atoms with E-state index in [4.69, 9.17) is 0 Å². The number of carbonyl (C=O) groups is 4. The van der Waals surface area contributed by atoms with Gasteiger partial charge in [-0.1, -0.05) is 12.1 Å². The van der Waals surface area contributed by atoms with Crippen LogP contribution in [0.4, 0.5) is 0 Å². The molecule has 8 heteroatoms. The van der Waals surface area contributed by atoms with Gasteiger partial charge in [0.1, 0.15) is 0 Å². The van der Waals surface area contributed by atoms with Gasteiger partial charge in [-0.05, 0) is 43.6 Å². The summed E-state index contributed by atoms with van der Waals surface area (Å²) in [4.78, 5) is 53.9. The summed E-state index contributed by atoms with van der Waals surface area (Å²) in [5, 5.41) is 2.23. The van der Waals surface area contributed by atoms with E-state index in [9.17, 15) is 19.2 Å². The lowest BCUT2D eigenvalue weighted by atomic mass is 10.1. The molecule has 0 saturated carbocycles. The van der Waals surface area contributed by atoms with Gasteiger partial charge < -0.3 is 14.7 Å². The first-order chi connectivity index (χ1) is 14.3. The van der Waals surface area contributed by atoms with Crippen molar-refractivity contribution in [1.82, 2.24) is 20.0 Å². The predicted molar refractivity (Wildman–Crippen MR) is 112 cm³/mol. The molecular weight excluding hydrogens is 384 g/mol. The largest absolute Gasteiger partial charge is 0.339 e. The quantitative estimate of drug-likeness (QED) is 0.765. The molecule has 2 fully saturated rings. The Morgan fingerprint density at radius 2 is 1.63 bits per heavy atom. The summed E-state index contributed by atoms with van der Waals surface area (Å²) in [7, 11) is 0. The van der Waals surface area contributed by atoms with E-state index in [0.717, 1.165) is 25.2 Å². The topological polar surface area (TPSA) is 90.0 Å². The van der Waals surface area contributed by atoms with Crippen LogP contribution < -0.4 is 5.32 Å². The number of benzene rings is 1. The van der Waals surface area contributed by atoms with Crippen LogP contribution in [0.15, 0.2) is 24.3 Å². The minimum absolute atomic E-state index is 0.00568. The molecule has 4 amide bonds. The molecule has 2 aliphatic heterocycles. The lowest BCUT2D eigenvalue weighted by Crippen LogP contribution is -2.59. The van der Waals surface area contributed by atoms with Crippen molar-refractivity contribution in [2.24, 2.45) is 0 Å². The van der Waals surface area contributed by atoms with Gasteiger partial charge in [0, 0.05) is 45.6 Å². The maximum Gasteiger partial charge on any atom is 0.257 e. The van der Waals surface area contributed by atoms with E-state index < -0.39 is 11.8 Å². The number of hydrogen-bond acceptors (Lipinski definition) is 5. The Morgan fingerprint density at radius 1 is 0.967 bits per heavy atom. The molecule has 2 aliphatic rings. The summed E-state index contributed by atoms with van der Waals surface area (Å²) in [6.45, 7) is 7.41. The van der Waals surface area contributed by atoms with Gasteiger partial charge in [-0.15, -0.1) is 0 Å². The fourth-order valence-electron chi connectivity index (χ4n) is 4.17. The molecule has 3 rings (SSSR count). The third kappa shape index (κ3) is 5.66. The highest BCUT2D eigenvalue weighted by Crippen LogP contribution is 2.17. The summed E-state index contributed by atoms with van der Waals surface area (Å²) < 4.78 is 0. The SMILES string of the molecule is CC(=O)NC(=O)c1ccc(CC(=O)N2CCN(C(C)=O)CC2CN2CCCC2)cc1. The van der Waals surface area contributed by atoms with Crippen LogP contribution in [0.25, 0.3) is 0 Å². The van der Waals surface area contributed by atoms with E-state index in [1.165, 1.54) is 19.8 Å². The highest BCUT2D eigenvalue weighted by atomic mass is 16.2. The maximum absolute atomic E-state index is 13.1. The Labute approximate surface area is 177 Å². The van der Waals surface area contributed by atoms with E-state index in [1.807, 2.05) is 9.80 Å². The monoisotopic (exact) mass is 414 g/mol. The van der Waals surface area contributed by atoms with Crippen molar-refractivity contribution in [2.75, 3.05) is 39.3 Å². The molecule has 1 atom stereocenters. The van der Waals surface area contributed by atoms with E-state index in [1.54, 1.807) is 31.2 Å². The van der Waals surface area contributed by atoms with Crippen LogP contribution in [0.5, 0.6) is 0 Å². The van der Waals surface area contributed by atoms with Gasteiger partial charge >= 0.3 is 0 Å². The van der Waals surface area contributed by atoms with Gasteiger partial charge in [-0.3, -0.25) is 24.5 Å². The minimum Gasteiger partial charge on any atom is -0.339 e. The normalized spacial score (nSPS) is 19.6. The van der Waals surface area contributed by atoms with Gasteiger partial charge in [0.2, 0.25) is 17.7 Å². The van der Waals surface area contributed by atoms with Crippen molar-refractivity contribution >= 4 is 23.6 Å². The Kier molecular flexibility index (Phi) is 7.20. The van der Waals surface area contributed by atoms with Gasteiger partial charge in [0.05, 0.1) is 12.5 Å². The highest BCUT2D eigenvalue weighted by Gasteiger charge is 2.33. The molecule has 1 N–H and O–H groups in total. The summed E-state index contributed by atoms with van der Waals surface area (Å²) in [5.74, 6) is -0.782. The molecule has 0 aromatic heterocycles. The maximum atomic E-state index is 13.1. The first-order valence-electron chi connectivity index (χ1n) is 10.5. The van der Waals surface area contributed by atoms with Crippen LogP contribution >= 0.6 is 0 Å². The second kappa shape index (κ2) is 9.84. The predicted octanol–water partition coefficient (Wildman–Crippen LogP) is 0.661. The third-order valence-electron chi connectivity index (χ3n) is 5.78. The third-order valence-corrected chi connectivity index (χ3v) is 5.78. The summed E-state index contributed by atoms with van der Waals surface area (Å²) >= 11 is 0. The Bertz CT molecular complexity index is 802. The van der Waals surface area contributed by atoms with E-state index in [2.05, 4.69) is 10.2 Å². The average Bonchev–Trinajstić information content (AvgIpc) is 3.21. The lowest BCUT2D eigenvalue weighted by Gasteiger charge is -2.42. The van der Waals surface area contributed by atoms with Crippen molar-refractivity contribution in [3.8, 4) is 0 Å². The van der Waals surface area contributed by atoms with Crippen LogP contribution in [0, 0.1) is 0 Å². The smallest absolute Gasteiger partial charge is 0.257 e. The number of amides is 4. The van der Waals surface area contributed by atoms with Crippen LogP contribution in [0.2, 0.25) is 0 Å². The van der Waals surface area contributed by atoms with Gasteiger partial charge in [-0.25, -0.2) is 0 Å². The molecule has 162 valence electrons. The van der Waals surface area contributed by atoms with Crippen molar-refractivity contribution < 1.29 is 19.2 Å². The van der Waals surface area contributed by atoms with E-state index in [0.29, 0.717) is 25.2 Å². The zero-order valence-electron chi connectivity index (χ0n) is 17.7. The summed E-state index contributed by atoms with van der Waals surface area (Å²) in [5.41, 5.74) is 1.19. The number of hydrogen-bond donors (Lipinski definition) is 1. The number of nitrogens with one attached hydrogen (secondary N) is 1. The van der Waals surface area contributed by atoms with Crippen LogP contribution in [0.1, 0.15) is 42.6 Å². The molecule has 0 spiro atoms. The number of piperazine rings is 1. The van der Waals surface area contributed by atoms with Crippen LogP contribution in [-0.4, -0.2) is 83.6 Å². The molecule has 0 bridgehead atoms. The first-order valence-corrected chi connectivity index (χ1v) is 10.5. The molecule has 2 heterocycles. The molecular formula is C22H30N4O4.